The minimum Gasteiger partial charge on any atom is -0.355 e. The molecule has 172 valence electrons. The smallest absolute Gasteiger partial charge is 0.253 e. The minimum atomic E-state index is -3.70. The third-order valence-electron chi connectivity index (χ3n) is 5.48. The summed E-state index contributed by atoms with van der Waals surface area (Å²) in [6.45, 7) is 7.21. The lowest BCUT2D eigenvalue weighted by Crippen LogP contribution is -2.51. The van der Waals surface area contributed by atoms with Crippen molar-refractivity contribution in [3.63, 3.8) is 0 Å². The topological polar surface area (TPSA) is 113 Å². The summed E-state index contributed by atoms with van der Waals surface area (Å²) < 4.78 is 22.6. The lowest BCUT2D eigenvalue weighted by atomic mass is 10.1. The van der Waals surface area contributed by atoms with E-state index >= 15 is 0 Å². The average molecular weight is 459 g/mol. The first-order chi connectivity index (χ1) is 15.1. The molecule has 0 spiro atoms. The molecule has 32 heavy (non-hydrogen) atoms. The van der Waals surface area contributed by atoms with Crippen molar-refractivity contribution in [3.8, 4) is 0 Å². The highest BCUT2D eigenvalue weighted by atomic mass is 32.2. The molecule has 3 N–H and O–H groups in total. The van der Waals surface area contributed by atoms with E-state index in [1.54, 1.807) is 12.1 Å². The van der Waals surface area contributed by atoms with Crippen LogP contribution in [-0.4, -0.2) is 69.3 Å². The Morgan fingerprint density at radius 1 is 0.969 bits per heavy atom. The van der Waals surface area contributed by atoms with Crippen LogP contribution in [0.3, 0.4) is 0 Å². The van der Waals surface area contributed by atoms with Gasteiger partial charge in [0.25, 0.3) is 5.91 Å². The summed E-state index contributed by atoms with van der Waals surface area (Å²) in [5.41, 5.74) is 3.77. The molecule has 0 atom stereocenters. The molecule has 1 saturated heterocycles. The molecule has 2 aromatic rings. The number of amides is 2. The second kappa shape index (κ2) is 10.2. The molecule has 1 aliphatic heterocycles. The van der Waals surface area contributed by atoms with Gasteiger partial charge in [0, 0.05) is 38.3 Å². The van der Waals surface area contributed by atoms with Crippen molar-refractivity contribution < 1.29 is 18.0 Å². The van der Waals surface area contributed by atoms with Gasteiger partial charge < -0.3 is 10.2 Å². The lowest BCUT2D eigenvalue weighted by molar-refractivity contribution is -0.122. The number of nitrogens with two attached hydrogens (primary N) is 1. The Morgan fingerprint density at radius 2 is 1.56 bits per heavy atom. The first-order valence-electron chi connectivity index (χ1n) is 10.6. The molecule has 8 nitrogen and oxygen atoms in total. The van der Waals surface area contributed by atoms with Crippen molar-refractivity contribution in [2.24, 2.45) is 5.14 Å². The van der Waals surface area contributed by atoms with Crippen molar-refractivity contribution in [1.29, 1.82) is 0 Å². The number of aryl methyl sites for hydroxylation is 2. The Bertz CT molecular complexity index is 1060. The monoisotopic (exact) mass is 458 g/mol. The highest BCUT2D eigenvalue weighted by Crippen LogP contribution is 2.13. The van der Waals surface area contributed by atoms with Crippen molar-refractivity contribution >= 4 is 21.8 Å². The number of sulfonamides is 1. The van der Waals surface area contributed by atoms with E-state index in [0.29, 0.717) is 44.7 Å². The molecule has 0 saturated carbocycles. The number of nitrogens with one attached hydrogen (secondary N) is 1. The molecule has 9 heteroatoms. The maximum Gasteiger partial charge on any atom is 0.253 e. The van der Waals surface area contributed by atoms with Crippen LogP contribution in [0, 0.1) is 13.8 Å². The molecule has 0 aliphatic carbocycles. The van der Waals surface area contributed by atoms with E-state index in [-0.39, 0.29) is 23.3 Å². The van der Waals surface area contributed by atoms with Crippen molar-refractivity contribution in [1.82, 2.24) is 15.1 Å². The Morgan fingerprint density at radius 3 is 2.12 bits per heavy atom. The third-order valence-corrected chi connectivity index (χ3v) is 6.41. The maximum absolute atomic E-state index is 12.8. The fraction of sp³-hybridized carbons (Fsp3) is 0.391. The second-order valence-electron chi connectivity index (χ2n) is 8.23. The summed E-state index contributed by atoms with van der Waals surface area (Å²) in [5, 5.41) is 7.98. The zero-order valence-corrected chi connectivity index (χ0v) is 19.3. The van der Waals surface area contributed by atoms with Crippen LogP contribution >= 0.6 is 0 Å². The normalized spacial score (nSPS) is 14.9. The molecule has 1 heterocycles. The number of piperazine rings is 1. The average Bonchev–Trinajstić information content (AvgIpc) is 2.73. The standard InChI is InChI=1S/C23H30N4O4S/c1-17-13-18(2)15-20(14-17)23(29)27-11-9-26(10-12-27)16-22(28)25-8-7-19-3-5-21(6-4-19)32(24,30)31/h3-6,13-15H,7-12,16H2,1-2H3,(H,25,28)(H2,24,30,31). The van der Waals surface area contributed by atoms with Crippen LogP contribution in [0.2, 0.25) is 0 Å². The molecule has 3 rings (SSSR count). The molecule has 0 unspecified atom stereocenters. The van der Waals surface area contributed by atoms with Gasteiger partial charge in [0.05, 0.1) is 11.4 Å². The van der Waals surface area contributed by atoms with E-state index in [1.165, 1.54) is 12.1 Å². The molecular weight excluding hydrogens is 428 g/mol. The van der Waals surface area contributed by atoms with Gasteiger partial charge in [-0.15, -0.1) is 0 Å². The maximum atomic E-state index is 12.8. The molecule has 0 radical (unpaired) electrons. The van der Waals surface area contributed by atoms with Gasteiger partial charge in [0.15, 0.2) is 0 Å². The Balaban J connectivity index is 1.40. The van der Waals surface area contributed by atoms with Gasteiger partial charge >= 0.3 is 0 Å². The van der Waals surface area contributed by atoms with E-state index in [0.717, 1.165) is 16.7 Å². The van der Waals surface area contributed by atoms with Gasteiger partial charge in [0.1, 0.15) is 0 Å². The van der Waals surface area contributed by atoms with Crippen LogP contribution in [0.4, 0.5) is 0 Å². The van der Waals surface area contributed by atoms with Crippen molar-refractivity contribution in [3.05, 3.63) is 64.7 Å². The predicted molar refractivity (Wildman–Crippen MR) is 123 cm³/mol. The first kappa shape index (κ1) is 23.9. The summed E-state index contributed by atoms with van der Waals surface area (Å²) in [7, 11) is -3.70. The van der Waals surface area contributed by atoms with Crippen LogP contribution in [0.5, 0.6) is 0 Å². The number of benzene rings is 2. The Labute approximate surface area is 189 Å². The molecule has 1 fully saturated rings. The zero-order valence-electron chi connectivity index (χ0n) is 18.5. The Hall–Kier alpha value is -2.75. The third kappa shape index (κ3) is 6.62. The van der Waals surface area contributed by atoms with E-state index in [4.69, 9.17) is 5.14 Å². The number of primary sulfonamides is 1. The summed E-state index contributed by atoms with van der Waals surface area (Å²) in [4.78, 5) is 29.0. The SMILES string of the molecule is Cc1cc(C)cc(C(=O)N2CCN(CC(=O)NCCc3ccc(S(N)(=O)=O)cc3)CC2)c1. The van der Waals surface area contributed by atoms with E-state index in [9.17, 15) is 18.0 Å². The second-order valence-corrected chi connectivity index (χ2v) is 9.80. The van der Waals surface area contributed by atoms with Gasteiger partial charge in [-0.25, -0.2) is 13.6 Å². The molecule has 1 aliphatic rings. The number of nitrogens with zero attached hydrogens (tertiary/aromatic N) is 2. The fourth-order valence-electron chi connectivity index (χ4n) is 3.84. The van der Waals surface area contributed by atoms with Gasteiger partial charge in [0.2, 0.25) is 15.9 Å². The number of rotatable bonds is 7. The van der Waals surface area contributed by atoms with Crippen LogP contribution in [0.1, 0.15) is 27.0 Å². The van der Waals surface area contributed by atoms with Crippen molar-refractivity contribution in [2.45, 2.75) is 25.2 Å². The highest BCUT2D eigenvalue weighted by Gasteiger charge is 2.23. The van der Waals surface area contributed by atoms with Crippen molar-refractivity contribution in [2.75, 3.05) is 39.3 Å². The minimum absolute atomic E-state index is 0.0364. The number of hydrogen-bond acceptors (Lipinski definition) is 5. The van der Waals surface area contributed by atoms with Gasteiger partial charge in [-0.2, -0.15) is 0 Å². The molecule has 0 aromatic heterocycles. The van der Waals surface area contributed by atoms with Gasteiger partial charge in [-0.3, -0.25) is 14.5 Å². The van der Waals surface area contributed by atoms with E-state index in [1.807, 2.05) is 41.8 Å². The van der Waals surface area contributed by atoms with Crippen LogP contribution < -0.4 is 10.5 Å². The Kier molecular flexibility index (Phi) is 7.65. The van der Waals surface area contributed by atoms with E-state index in [2.05, 4.69) is 5.32 Å². The van der Waals surface area contributed by atoms with Gasteiger partial charge in [-0.05, 0) is 50.1 Å². The van der Waals surface area contributed by atoms with Crippen LogP contribution in [0.25, 0.3) is 0 Å². The first-order valence-corrected chi connectivity index (χ1v) is 12.1. The number of carbonyl (C=O) groups excluding carboxylic acids is 2. The number of carbonyl (C=O) groups is 2. The van der Waals surface area contributed by atoms with Crippen LogP contribution in [-0.2, 0) is 21.2 Å². The number of hydrogen-bond donors (Lipinski definition) is 2. The summed E-state index contributed by atoms with van der Waals surface area (Å²) >= 11 is 0. The molecule has 2 aromatic carbocycles. The highest BCUT2D eigenvalue weighted by molar-refractivity contribution is 7.89. The van der Waals surface area contributed by atoms with E-state index < -0.39 is 10.0 Å². The largest absolute Gasteiger partial charge is 0.355 e. The summed E-state index contributed by atoms with van der Waals surface area (Å²) in [6.07, 6.45) is 0.592. The molecule has 0 bridgehead atoms. The summed E-state index contributed by atoms with van der Waals surface area (Å²) in [6, 6.07) is 12.2. The quantitative estimate of drug-likeness (QED) is 0.644. The fourth-order valence-corrected chi connectivity index (χ4v) is 4.36. The summed E-state index contributed by atoms with van der Waals surface area (Å²) in [5.74, 6) is -0.0328. The van der Waals surface area contributed by atoms with Gasteiger partial charge in [-0.1, -0.05) is 29.3 Å². The molecule has 2 amide bonds. The predicted octanol–water partition coefficient (Wildman–Crippen LogP) is 1.07. The zero-order chi connectivity index (χ0) is 23.3. The molecular formula is C23H30N4O4S. The lowest BCUT2D eigenvalue weighted by Gasteiger charge is -2.34. The van der Waals surface area contributed by atoms with Crippen LogP contribution in [0.15, 0.2) is 47.4 Å².